The summed E-state index contributed by atoms with van der Waals surface area (Å²) in [5.74, 6) is 0. The van der Waals surface area contributed by atoms with Crippen molar-refractivity contribution < 1.29 is 9.92 Å². The van der Waals surface area contributed by atoms with Gasteiger partial charge in [-0.15, -0.1) is 21.5 Å². The van der Waals surface area contributed by atoms with Crippen LogP contribution in [0.2, 0.25) is 0 Å². The number of hydrogen-bond acceptors (Lipinski definition) is 5. The molecule has 0 unspecified atom stereocenters. The number of para-hydroxylation sites is 1. The van der Waals surface area contributed by atoms with Crippen molar-refractivity contribution in [3.8, 4) is 0 Å². The third-order valence-electron chi connectivity index (χ3n) is 3.48. The molecule has 0 spiro atoms. The van der Waals surface area contributed by atoms with E-state index in [-0.39, 0.29) is 6.61 Å². The molecule has 0 radical (unpaired) electrons. The van der Waals surface area contributed by atoms with Crippen molar-refractivity contribution in [2.24, 2.45) is 0 Å². The molecule has 0 atom stereocenters. The molecule has 114 valence electrons. The number of rotatable bonds is 6. The van der Waals surface area contributed by atoms with Gasteiger partial charge in [-0.1, -0.05) is 18.2 Å². The molecule has 0 aliphatic heterocycles. The largest absolute Gasteiger partial charge is 0.361 e. The fourth-order valence-corrected chi connectivity index (χ4v) is 3.52. The summed E-state index contributed by atoms with van der Waals surface area (Å²) in [5.41, 5.74) is 3.25. The molecule has 1 aromatic carbocycles. The molecule has 0 amide bonds. The Bertz CT molecular complexity index is 809. The van der Waals surface area contributed by atoms with Crippen molar-refractivity contribution in [1.82, 2.24) is 9.97 Å². The minimum absolute atomic E-state index is 0.0720. The number of nitrogens with one attached hydrogen (secondary N) is 1. The average molecular weight is 317 g/mol. The lowest BCUT2D eigenvalue weighted by molar-refractivity contribution is -0.757. The highest BCUT2D eigenvalue weighted by Gasteiger charge is 2.11. The molecule has 0 aliphatic carbocycles. The van der Waals surface area contributed by atoms with Crippen molar-refractivity contribution in [2.75, 3.05) is 6.61 Å². The lowest BCUT2D eigenvalue weighted by Crippen LogP contribution is -2.04. The molecule has 0 bridgehead atoms. The van der Waals surface area contributed by atoms with E-state index in [1.807, 2.05) is 31.3 Å². The fraction of sp³-hybridized carbons (Fsp3) is 0.267. The second-order valence-electron chi connectivity index (χ2n) is 4.96. The highest BCUT2D eigenvalue weighted by molar-refractivity contribution is 7.11. The summed E-state index contributed by atoms with van der Waals surface area (Å²) in [5, 5.41) is 11.6. The second-order valence-corrected chi connectivity index (χ2v) is 6.13. The van der Waals surface area contributed by atoms with Gasteiger partial charge in [-0.25, -0.2) is 4.98 Å². The summed E-state index contributed by atoms with van der Waals surface area (Å²) >= 11 is 1.59. The first-order chi connectivity index (χ1) is 10.6. The zero-order valence-electron chi connectivity index (χ0n) is 12.0. The van der Waals surface area contributed by atoms with Gasteiger partial charge >= 0.3 is 0 Å². The van der Waals surface area contributed by atoms with Crippen molar-refractivity contribution in [3.05, 3.63) is 61.7 Å². The van der Waals surface area contributed by atoms with E-state index in [1.165, 1.54) is 10.9 Å². The molecule has 3 aromatic rings. The quantitative estimate of drug-likeness (QED) is 0.559. The maximum atomic E-state index is 10.2. The van der Waals surface area contributed by atoms with E-state index in [4.69, 9.17) is 0 Å². The monoisotopic (exact) mass is 317 g/mol. The fourth-order valence-electron chi connectivity index (χ4n) is 2.45. The average Bonchev–Trinajstić information content (AvgIpc) is 3.04. The van der Waals surface area contributed by atoms with Crippen LogP contribution in [-0.4, -0.2) is 21.7 Å². The Hall–Kier alpha value is -2.41. The highest BCUT2D eigenvalue weighted by Crippen LogP contribution is 2.25. The summed E-state index contributed by atoms with van der Waals surface area (Å²) in [6.07, 6.45) is 3.28. The zero-order chi connectivity index (χ0) is 15.5. The predicted octanol–water partition coefficient (Wildman–Crippen LogP) is 3.27. The van der Waals surface area contributed by atoms with Gasteiger partial charge in [0.15, 0.2) is 0 Å². The lowest BCUT2D eigenvalue weighted by atomic mass is 10.1. The van der Waals surface area contributed by atoms with Crippen molar-refractivity contribution in [3.63, 3.8) is 0 Å². The number of hydrogen-bond donors (Lipinski definition) is 1. The van der Waals surface area contributed by atoms with Crippen molar-refractivity contribution in [2.45, 2.75) is 19.8 Å². The highest BCUT2D eigenvalue weighted by atomic mass is 32.1. The summed E-state index contributed by atoms with van der Waals surface area (Å²) in [6.45, 7) is 2.00. The number of fused-ring (bicyclic) bond motifs is 1. The molecule has 0 saturated carbocycles. The van der Waals surface area contributed by atoms with E-state index in [0.717, 1.165) is 27.5 Å². The Morgan fingerprint density at radius 1 is 1.41 bits per heavy atom. The molecule has 6 nitrogen and oxygen atoms in total. The molecule has 0 saturated heterocycles. The molecule has 2 heterocycles. The molecule has 3 rings (SSSR count). The number of aryl methyl sites for hydroxylation is 1. The second kappa shape index (κ2) is 6.15. The smallest absolute Gasteiger partial charge is 0.294 e. The Labute approximate surface area is 130 Å². The van der Waals surface area contributed by atoms with E-state index < -0.39 is 5.09 Å². The Kier molecular flexibility index (Phi) is 4.06. The van der Waals surface area contributed by atoms with Crippen LogP contribution in [0, 0.1) is 17.0 Å². The number of thiazole rings is 1. The molecule has 7 heteroatoms. The van der Waals surface area contributed by atoms with Crippen LogP contribution < -0.4 is 0 Å². The van der Waals surface area contributed by atoms with Crippen LogP contribution in [0.5, 0.6) is 0 Å². The molecular formula is C15H15N3O3S. The van der Waals surface area contributed by atoms with E-state index in [2.05, 4.69) is 20.9 Å². The van der Waals surface area contributed by atoms with Crippen LogP contribution in [-0.2, 0) is 17.7 Å². The van der Waals surface area contributed by atoms with Gasteiger partial charge in [-0.2, -0.15) is 0 Å². The van der Waals surface area contributed by atoms with Gasteiger partial charge in [0.25, 0.3) is 5.09 Å². The lowest BCUT2D eigenvalue weighted by Gasteiger charge is -1.97. The third-order valence-corrected chi connectivity index (χ3v) is 4.70. The minimum atomic E-state index is -0.761. The van der Waals surface area contributed by atoms with Gasteiger partial charge in [0.1, 0.15) is 6.61 Å². The van der Waals surface area contributed by atoms with Crippen LogP contribution in [0.3, 0.4) is 0 Å². The first kappa shape index (κ1) is 14.5. The molecule has 0 aliphatic rings. The minimum Gasteiger partial charge on any atom is -0.361 e. The third kappa shape index (κ3) is 3.09. The number of H-pyrrole nitrogens is 1. The molecule has 1 N–H and O–H groups in total. The van der Waals surface area contributed by atoms with Crippen LogP contribution in [0.4, 0.5) is 0 Å². The summed E-state index contributed by atoms with van der Waals surface area (Å²) in [6, 6.07) is 8.16. The predicted molar refractivity (Wildman–Crippen MR) is 84.6 cm³/mol. The van der Waals surface area contributed by atoms with Gasteiger partial charge in [-0.3, -0.25) is 0 Å². The maximum absolute atomic E-state index is 10.2. The summed E-state index contributed by atoms with van der Waals surface area (Å²) < 4.78 is 0. The Morgan fingerprint density at radius 3 is 3.05 bits per heavy atom. The van der Waals surface area contributed by atoms with Crippen LogP contribution in [0.1, 0.15) is 21.1 Å². The van der Waals surface area contributed by atoms with E-state index in [1.54, 1.807) is 11.3 Å². The molecule has 22 heavy (non-hydrogen) atoms. The molecule has 0 fully saturated rings. The molecule has 2 aromatic heterocycles. The number of benzene rings is 1. The van der Waals surface area contributed by atoms with Crippen molar-refractivity contribution in [1.29, 1.82) is 0 Å². The van der Waals surface area contributed by atoms with E-state index in [0.29, 0.717) is 6.42 Å². The topological polar surface area (TPSA) is 81.0 Å². The van der Waals surface area contributed by atoms with Gasteiger partial charge in [0.05, 0.1) is 10.7 Å². The summed E-state index contributed by atoms with van der Waals surface area (Å²) in [7, 11) is 0. The summed E-state index contributed by atoms with van der Waals surface area (Å²) in [4.78, 5) is 23.4. The standard InChI is InChI=1S/C15H15N3O3S/c1-10-14(6-7-21-18(19)20)22-15(17-10)8-11-9-16-13-5-3-2-4-12(11)13/h2-5,9,16H,6-8H2,1H3. The van der Waals surface area contributed by atoms with Crippen LogP contribution >= 0.6 is 11.3 Å². The van der Waals surface area contributed by atoms with E-state index >= 15 is 0 Å². The maximum Gasteiger partial charge on any atom is 0.294 e. The van der Waals surface area contributed by atoms with Gasteiger partial charge < -0.3 is 9.82 Å². The number of aromatic nitrogens is 2. The number of nitrogens with zero attached hydrogens (tertiary/aromatic N) is 2. The first-order valence-electron chi connectivity index (χ1n) is 6.91. The molecular weight excluding hydrogens is 302 g/mol. The Morgan fingerprint density at radius 2 is 2.23 bits per heavy atom. The SMILES string of the molecule is Cc1nc(Cc2c[nH]c3ccccc23)sc1CCO[N+](=O)[O-]. The number of aromatic amines is 1. The van der Waals surface area contributed by atoms with E-state index in [9.17, 15) is 10.1 Å². The normalized spacial score (nSPS) is 11.0. The zero-order valence-corrected chi connectivity index (χ0v) is 12.9. The Balaban J connectivity index is 1.74. The van der Waals surface area contributed by atoms with Crippen molar-refractivity contribution >= 4 is 22.2 Å². The first-order valence-corrected chi connectivity index (χ1v) is 7.72. The van der Waals surface area contributed by atoms with Crippen LogP contribution in [0.15, 0.2) is 30.5 Å². The van der Waals surface area contributed by atoms with Crippen LogP contribution in [0.25, 0.3) is 10.9 Å². The van der Waals surface area contributed by atoms with Gasteiger partial charge in [0, 0.05) is 34.8 Å². The van der Waals surface area contributed by atoms with Gasteiger partial charge in [0.2, 0.25) is 0 Å². The van der Waals surface area contributed by atoms with Gasteiger partial charge in [-0.05, 0) is 18.6 Å².